The third kappa shape index (κ3) is 6.40. The molecule has 0 heterocycles. The van der Waals surface area contributed by atoms with Gasteiger partial charge in [0.2, 0.25) is 0 Å². The van der Waals surface area contributed by atoms with E-state index in [0.29, 0.717) is 6.54 Å². The fourth-order valence-corrected chi connectivity index (χ4v) is 3.35. The zero-order chi connectivity index (χ0) is 20.6. The van der Waals surface area contributed by atoms with Crippen LogP contribution in [-0.2, 0) is 6.54 Å². The predicted octanol–water partition coefficient (Wildman–Crippen LogP) is 6.06. The van der Waals surface area contributed by atoms with Gasteiger partial charge in [0.1, 0.15) is 17.4 Å². The Morgan fingerprint density at radius 1 is 0.759 bits per heavy atom. The molecule has 0 aromatic heterocycles. The summed E-state index contributed by atoms with van der Waals surface area (Å²) in [6.07, 6.45) is 0.987. The largest absolute Gasteiger partial charge is 0.491 e. The van der Waals surface area contributed by atoms with E-state index in [-0.39, 0.29) is 23.7 Å². The van der Waals surface area contributed by atoms with E-state index in [9.17, 15) is 8.78 Å². The predicted molar refractivity (Wildman–Crippen MR) is 113 cm³/mol. The monoisotopic (exact) mass is 395 g/mol. The fraction of sp³-hybridized carbons (Fsp3) is 0.280. The van der Waals surface area contributed by atoms with Gasteiger partial charge in [-0.25, -0.2) is 8.78 Å². The van der Waals surface area contributed by atoms with Crippen LogP contribution < -0.4 is 10.1 Å². The standard InChI is InChI=1S/C25H27F2NO/c1-18(2)29-24-13-7-21(8-14-24)25(20-5-11-23(27)12-6-20)15-16-28-17-19-3-9-22(26)10-4-19/h3-14,18,25,28H,15-17H2,1-2H3. The van der Waals surface area contributed by atoms with Gasteiger partial charge in [-0.1, -0.05) is 36.4 Å². The van der Waals surface area contributed by atoms with Crippen LogP contribution in [0.25, 0.3) is 0 Å². The van der Waals surface area contributed by atoms with Crippen LogP contribution in [0.2, 0.25) is 0 Å². The van der Waals surface area contributed by atoms with E-state index >= 15 is 0 Å². The molecule has 0 amide bonds. The highest BCUT2D eigenvalue weighted by molar-refractivity contribution is 5.36. The van der Waals surface area contributed by atoms with Gasteiger partial charge in [0, 0.05) is 12.5 Å². The molecule has 0 fully saturated rings. The van der Waals surface area contributed by atoms with E-state index in [1.165, 1.54) is 24.3 Å². The summed E-state index contributed by atoms with van der Waals surface area (Å²) >= 11 is 0. The van der Waals surface area contributed by atoms with Crippen LogP contribution in [0.15, 0.2) is 72.8 Å². The van der Waals surface area contributed by atoms with Gasteiger partial charge in [-0.3, -0.25) is 0 Å². The zero-order valence-electron chi connectivity index (χ0n) is 16.9. The number of ether oxygens (including phenoxy) is 1. The minimum Gasteiger partial charge on any atom is -0.491 e. The van der Waals surface area contributed by atoms with Crippen molar-refractivity contribution in [3.05, 3.63) is 101 Å². The Morgan fingerprint density at radius 2 is 1.28 bits per heavy atom. The highest BCUT2D eigenvalue weighted by Crippen LogP contribution is 2.29. The molecule has 0 aliphatic heterocycles. The SMILES string of the molecule is CC(C)Oc1ccc(C(CCNCc2ccc(F)cc2)c2ccc(F)cc2)cc1. The van der Waals surface area contributed by atoms with Crippen molar-refractivity contribution in [1.29, 1.82) is 0 Å². The Hall–Kier alpha value is -2.72. The molecule has 4 heteroatoms. The summed E-state index contributed by atoms with van der Waals surface area (Å²) < 4.78 is 32.2. The molecule has 0 saturated heterocycles. The molecule has 1 atom stereocenters. The molecule has 0 radical (unpaired) electrons. The maximum absolute atomic E-state index is 13.4. The second kappa shape index (κ2) is 10.2. The van der Waals surface area contributed by atoms with Crippen molar-refractivity contribution >= 4 is 0 Å². The molecule has 3 aromatic rings. The minimum atomic E-state index is -0.234. The van der Waals surface area contributed by atoms with Gasteiger partial charge < -0.3 is 10.1 Å². The van der Waals surface area contributed by atoms with E-state index in [4.69, 9.17) is 4.74 Å². The average molecular weight is 395 g/mol. The van der Waals surface area contributed by atoms with E-state index in [0.717, 1.165) is 35.4 Å². The molecule has 152 valence electrons. The maximum Gasteiger partial charge on any atom is 0.123 e. The maximum atomic E-state index is 13.4. The first-order valence-electron chi connectivity index (χ1n) is 9.98. The molecule has 3 aromatic carbocycles. The number of benzene rings is 3. The number of nitrogens with one attached hydrogen (secondary N) is 1. The topological polar surface area (TPSA) is 21.3 Å². The summed E-state index contributed by atoms with van der Waals surface area (Å²) in [5, 5.41) is 3.42. The van der Waals surface area contributed by atoms with Crippen molar-refractivity contribution in [2.45, 2.75) is 38.8 Å². The number of hydrogen-bond acceptors (Lipinski definition) is 2. The third-order valence-corrected chi connectivity index (χ3v) is 4.78. The van der Waals surface area contributed by atoms with E-state index < -0.39 is 0 Å². The van der Waals surface area contributed by atoms with Crippen LogP contribution in [0.5, 0.6) is 5.75 Å². The molecule has 1 unspecified atom stereocenters. The summed E-state index contributed by atoms with van der Waals surface area (Å²) in [6, 6.07) is 21.3. The van der Waals surface area contributed by atoms with Crippen LogP contribution in [0, 0.1) is 11.6 Å². The van der Waals surface area contributed by atoms with Crippen molar-refractivity contribution < 1.29 is 13.5 Å². The Labute approximate surface area is 171 Å². The molecule has 2 nitrogen and oxygen atoms in total. The Kier molecular flexibility index (Phi) is 7.36. The van der Waals surface area contributed by atoms with Gasteiger partial charge in [0.05, 0.1) is 6.10 Å². The molecular formula is C25H27F2NO. The minimum absolute atomic E-state index is 0.129. The highest BCUT2D eigenvalue weighted by atomic mass is 19.1. The van der Waals surface area contributed by atoms with Gasteiger partial charge in [-0.15, -0.1) is 0 Å². The van der Waals surface area contributed by atoms with Gasteiger partial charge in [-0.2, -0.15) is 0 Å². The molecule has 0 spiro atoms. The molecule has 3 rings (SSSR count). The second-order valence-corrected chi connectivity index (χ2v) is 7.43. The summed E-state index contributed by atoms with van der Waals surface area (Å²) in [5.74, 6) is 0.526. The lowest BCUT2D eigenvalue weighted by Crippen LogP contribution is -2.18. The Balaban J connectivity index is 1.67. The summed E-state index contributed by atoms with van der Waals surface area (Å²) in [4.78, 5) is 0. The first-order chi connectivity index (χ1) is 14.0. The van der Waals surface area contributed by atoms with Gasteiger partial charge >= 0.3 is 0 Å². The second-order valence-electron chi connectivity index (χ2n) is 7.43. The molecular weight excluding hydrogens is 368 g/mol. The van der Waals surface area contributed by atoms with E-state index in [1.807, 2.05) is 38.1 Å². The molecule has 0 aliphatic rings. The Bertz CT molecular complexity index is 874. The average Bonchev–Trinajstić information content (AvgIpc) is 2.71. The number of rotatable bonds is 9. The summed E-state index contributed by atoms with van der Waals surface area (Å²) in [5.41, 5.74) is 3.28. The normalized spacial score (nSPS) is 12.2. The van der Waals surface area contributed by atoms with Crippen molar-refractivity contribution in [1.82, 2.24) is 5.32 Å². The smallest absolute Gasteiger partial charge is 0.123 e. The molecule has 29 heavy (non-hydrogen) atoms. The van der Waals surface area contributed by atoms with Gasteiger partial charge in [-0.05, 0) is 79.9 Å². The Morgan fingerprint density at radius 3 is 1.83 bits per heavy atom. The van der Waals surface area contributed by atoms with Gasteiger partial charge in [0.25, 0.3) is 0 Å². The lowest BCUT2D eigenvalue weighted by molar-refractivity contribution is 0.242. The number of halogens is 2. The summed E-state index contributed by atoms with van der Waals surface area (Å²) in [6.45, 7) is 5.46. The van der Waals surface area contributed by atoms with Crippen molar-refractivity contribution in [3.63, 3.8) is 0 Å². The lowest BCUT2D eigenvalue weighted by Gasteiger charge is -2.19. The number of hydrogen-bond donors (Lipinski definition) is 1. The first-order valence-corrected chi connectivity index (χ1v) is 9.98. The third-order valence-electron chi connectivity index (χ3n) is 4.78. The van der Waals surface area contributed by atoms with Crippen LogP contribution in [0.3, 0.4) is 0 Å². The van der Waals surface area contributed by atoms with Crippen LogP contribution >= 0.6 is 0 Å². The summed E-state index contributed by atoms with van der Waals surface area (Å²) in [7, 11) is 0. The van der Waals surface area contributed by atoms with Crippen LogP contribution in [0.4, 0.5) is 8.78 Å². The first kappa shape index (κ1) is 21.0. The van der Waals surface area contributed by atoms with Gasteiger partial charge in [0.15, 0.2) is 0 Å². The molecule has 1 N–H and O–H groups in total. The molecule has 0 bridgehead atoms. The van der Waals surface area contributed by atoms with Crippen molar-refractivity contribution in [2.24, 2.45) is 0 Å². The quantitative estimate of drug-likeness (QED) is 0.445. The molecule has 0 saturated carbocycles. The van der Waals surface area contributed by atoms with Crippen LogP contribution in [0.1, 0.15) is 42.9 Å². The van der Waals surface area contributed by atoms with Crippen molar-refractivity contribution in [2.75, 3.05) is 6.54 Å². The highest BCUT2D eigenvalue weighted by Gasteiger charge is 2.14. The van der Waals surface area contributed by atoms with E-state index in [1.54, 1.807) is 12.1 Å². The van der Waals surface area contributed by atoms with Crippen molar-refractivity contribution in [3.8, 4) is 5.75 Å². The lowest BCUT2D eigenvalue weighted by atomic mass is 9.88. The van der Waals surface area contributed by atoms with Crippen LogP contribution in [-0.4, -0.2) is 12.6 Å². The fourth-order valence-electron chi connectivity index (χ4n) is 3.35. The van der Waals surface area contributed by atoms with E-state index in [2.05, 4.69) is 17.4 Å². The zero-order valence-corrected chi connectivity index (χ0v) is 16.9. The molecule has 0 aliphatic carbocycles.